The number of rotatable bonds is 4. The van der Waals surface area contributed by atoms with Crippen LogP contribution in [0, 0.1) is 23.2 Å². The van der Waals surface area contributed by atoms with Gasteiger partial charge in [0.1, 0.15) is 0 Å². The Kier molecular flexibility index (Phi) is 6.16. The molecule has 4 heteroatoms. The Labute approximate surface area is 159 Å². The minimum absolute atomic E-state index is 0.127. The number of hydrogen-bond acceptors (Lipinski definition) is 3. The van der Waals surface area contributed by atoms with E-state index in [-0.39, 0.29) is 11.3 Å². The Balaban J connectivity index is 1.80. The van der Waals surface area contributed by atoms with Crippen LogP contribution in [0.15, 0.2) is 34.9 Å². The van der Waals surface area contributed by atoms with Gasteiger partial charge in [0.25, 0.3) is 7.48 Å². The van der Waals surface area contributed by atoms with Crippen molar-refractivity contribution in [2.45, 2.75) is 77.8 Å². The molecule has 6 atom stereocenters. The van der Waals surface area contributed by atoms with Gasteiger partial charge in [-0.05, 0) is 55.7 Å². The number of aliphatic hydroxyl groups is 2. The molecule has 0 aromatic heterocycles. The summed E-state index contributed by atoms with van der Waals surface area (Å²) >= 11 is 0. The van der Waals surface area contributed by atoms with Crippen LogP contribution in [-0.4, -0.2) is 34.9 Å². The van der Waals surface area contributed by atoms with Gasteiger partial charge in [-0.1, -0.05) is 55.7 Å². The van der Waals surface area contributed by atoms with Crippen LogP contribution in [0.1, 0.15) is 59.3 Å². The number of hydrogen-bond donors (Lipinski definition) is 3. The summed E-state index contributed by atoms with van der Waals surface area (Å²) in [6.07, 6.45) is 12.6. The van der Waals surface area contributed by atoms with E-state index >= 15 is 0 Å². The van der Waals surface area contributed by atoms with Crippen molar-refractivity contribution in [1.82, 2.24) is 0 Å². The van der Waals surface area contributed by atoms with Gasteiger partial charge in [0.15, 0.2) is 0 Å². The summed E-state index contributed by atoms with van der Waals surface area (Å²) in [6, 6.07) is 0. The van der Waals surface area contributed by atoms with Crippen molar-refractivity contribution in [3.63, 3.8) is 0 Å². The van der Waals surface area contributed by atoms with E-state index in [1.54, 1.807) is 0 Å². The average molecular weight is 357 g/mol. The maximum Gasteiger partial charge on any atom is 0.287 e. The minimum Gasteiger partial charge on any atom is -0.454 e. The third kappa shape index (κ3) is 3.74. The van der Waals surface area contributed by atoms with E-state index in [9.17, 15) is 15.2 Å². The van der Waals surface area contributed by atoms with Crippen LogP contribution < -0.4 is 0 Å². The van der Waals surface area contributed by atoms with Crippen molar-refractivity contribution < 1.29 is 15.2 Å². The summed E-state index contributed by atoms with van der Waals surface area (Å²) in [5, 5.41) is 29.3. The lowest BCUT2D eigenvalue weighted by Gasteiger charge is -2.42. The van der Waals surface area contributed by atoms with Gasteiger partial charge < -0.3 is 15.2 Å². The van der Waals surface area contributed by atoms with Gasteiger partial charge in [-0.25, -0.2) is 0 Å². The highest BCUT2D eigenvalue weighted by Gasteiger charge is 2.45. The molecule has 0 amide bonds. The molecule has 2 saturated carbocycles. The average Bonchev–Trinajstić information content (AvgIpc) is 2.94. The lowest BCUT2D eigenvalue weighted by atomic mass is 9.61. The van der Waals surface area contributed by atoms with Crippen LogP contribution in [0.3, 0.4) is 0 Å². The first-order valence-corrected chi connectivity index (χ1v) is 10.3. The van der Waals surface area contributed by atoms with Crippen LogP contribution in [0.2, 0.25) is 6.32 Å². The molecule has 3 N–H and O–H groups in total. The summed E-state index contributed by atoms with van der Waals surface area (Å²) in [7, 11) is 1.30. The van der Waals surface area contributed by atoms with Gasteiger partial charge in [0.2, 0.25) is 0 Å². The van der Waals surface area contributed by atoms with E-state index in [1.165, 1.54) is 37.0 Å². The van der Waals surface area contributed by atoms with Crippen molar-refractivity contribution in [2.75, 3.05) is 0 Å². The Morgan fingerprint density at radius 3 is 2.77 bits per heavy atom. The smallest absolute Gasteiger partial charge is 0.287 e. The molecule has 26 heavy (non-hydrogen) atoms. The second kappa shape index (κ2) is 8.04. The monoisotopic (exact) mass is 357 g/mol. The maximum absolute atomic E-state index is 10.1. The predicted molar refractivity (Wildman–Crippen MR) is 107 cm³/mol. The zero-order valence-corrected chi connectivity index (χ0v) is 16.5. The van der Waals surface area contributed by atoms with Gasteiger partial charge in [-0.15, -0.1) is 0 Å². The van der Waals surface area contributed by atoms with Crippen molar-refractivity contribution >= 4 is 7.48 Å². The number of aliphatic hydroxyl groups excluding tert-OH is 2. The molecule has 0 saturated heterocycles. The predicted octanol–water partition coefficient (Wildman–Crippen LogP) is 3.79. The molecule has 0 heterocycles. The fraction of sp³-hybridized carbons (Fsp3) is 0.727. The molecular formula is C22H34BO3. The largest absolute Gasteiger partial charge is 0.454 e. The second-order valence-corrected chi connectivity index (χ2v) is 8.97. The van der Waals surface area contributed by atoms with E-state index in [2.05, 4.69) is 39.0 Å². The second-order valence-electron chi connectivity index (χ2n) is 8.97. The molecule has 2 fully saturated rings. The van der Waals surface area contributed by atoms with Crippen molar-refractivity contribution in [2.24, 2.45) is 23.2 Å². The third-order valence-electron chi connectivity index (χ3n) is 7.26. The molecule has 3 rings (SSSR count). The lowest BCUT2D eigenvalue weighted by molar-refractivity contribution is 0.0333. The zero-order valence-electron chi connectivity index (χ0n) is 16.5. The third-order valence-corrected chi connectivity index (χ3v) is 7.26. The van der Waals surface area contributed by atoms with E-state index in [0.717, 1.165) is 19.2 Å². The Morgan fingerprint density at radius 2 is 2.04 bits per heavy atom. The Bertz CT molecular complexity index is 609. The first-order chi connectivity index (χ1) is 12.4. The number of fused-ring (bicyclic) bond motifs is 1. The summed E-state index contributed by atoms with van der Waals surface area (Å²) in [5.74, 6) is 1.08. The fourth-order valence-electron chi connectivity index (χ4n) is 5.61. The standard InChI is InChI=1S/C22H34BO3/c1-14(13-23-26)19-8-9-20-16(5-4-10-22(19,20)3)6-7-17-11-18(24)12-21(25)15(17)2/h6-8,14-15,18,20-21,24-26H,4-5,9-13H2,1-3H3/b16-6+,17-7-/t14?,15?,18?,20?,21-,22+/m0/s1. The molecule has 143 valence electrons. The van der Waals surface area contributed by atoms with E-state index in [0.29, 0.717) is 24.7 Å². The molecule has 0 aliphatic heterocycles. The highest BCUT2D eigenvalue weighted by atomic mass is 16.3. The van der Waals surface area contributed by atoms with Gasteiger partial charge in [0.05, 0.1) is 12.2 Å². The van der Waals surface area contributed by atoms with Crippen LogP contribution in [0.5, 0.6) is 0 Å². The Hall–Kier alpha value is -0.835. The molecule has 0 spiro atoms. The van der Waals surface area contributed by atoms with Gasteiger partial charge in [-0.3, -0.25) is 0 Å². The first kappa shape index (κ1) is 19.9. The van der Waals surface area contributed by atoms with Gasteiger partial charge >= 0.3 is 0 Å². The molecule has 1 radical (unpaired) electrons. The van der Waals surface area contributed by atoms with Crippen LogP contribution >= 0.6 is 0 Å². The Morgan fingerprint density at radius 1 is 1.31 bits per heavy atom. The molecule has 3 nitrogen and oxygen atoms in total. The minimum atomic E-state index is -0.435. The van der Waals surface area contributed by atoms with Crippen molar-refractivity contribution in [3.05, 3.63) is 34.9 Å². The quantitative estimate of drug-likeness (QED) is 0.530. The van der Waals surface area contributed by atoms with E-state index in [4.69, 9.17) is 0 Å². The van der Waals surface area contributed by atoms with Crippen LogP contribution in [-0.2, 0) is 0 Å². The molecule has 3 aliphatic carbocycles. The zero-order chi connectivity index (χ0) is 18.9. The van der Waals surface area contributed by atoms with Crippen molar-refractivity contribution in [1.29, 1.82) is 0 Å². The summed E-state index contributed by atoms with van der Waals surface area (Å²) in [5.41, 5.74) is 4.41. The van der Waals surface area contributed by atoms with E-state index in [1.807, 2.05) is 0 Å². The summed E-state index contributed by atoms with van der Waals surface area (Å²) < 4.78 is 0. The van der Waals surface area contributed by atoms with Gasteiger partial charge in [0, 0.05) is 12.3 Å². The topological polar surface area (TPSA) is 60.7 Å². The highest BCUT2D eigenvalue weighted by Crippen LogP contribution is 2.56. The van der Waals surface area contributed by atoms with Gasteiger partial charge in [-0.2, -0.15) is 0 Å². The normalized spacial score (nSPS) is 41.8. The van der Waals surface area contributed by atoms with E-state index < -0.39 is 12.2 Å². The summed E-state index contributed by atoms with van der Waals surface area (Å²) in [4.78, 5) is 0. The summed E-state index contributed by atoms with van der Waals surface area (Å²) in [6.45, 7) is 6.69. The molecule has 0 aromatic carbocycles. The SMILES string of the molecule is CC(C[B]O)C1=CCC2/C(=C/C=C3/CC(O)C[C@H](O)C3C)CCC[C@]12C. The molecule has 0 aromatic rings. The maximum atomic E-state index is 10.1. The lowest BCUT2D eigenvalue weighted by Crippen LogP contribution is -2.33. The highest BCUT2D eigenvalue weighted by molar-refractivity contribution is 6.25. The molecule has 0 bridgehead atoms. The number of allylic oxidation sites excluding steroid dienone is 5. The molecule has 4 unspecified atom stereocenters. The van der Waals surface area contributed by atoms with Crippen LogP contribution in [0.4, 0.5) is 0 Å². The molecule has 3 aliphatic rings. The molecular weight excluding hydrogens is 323 g/mol. The first-order valence-electron chi connectivity index (χ1n) is 10.3. The fourth-order valence-corrected chi connectivity index (χ4v) is 5.61. The van der Waals surface area contributed by atoms with Crippen LogP contribution in [0.25, 0.3) is 0 Å². The van der Waals surface area contributed by atoms with Crippen molar-refractivity contribution in [3.8, 4) is 0 Å².